The van der Waals surface area contributed by atoms with Gasteiger partial charge in [-0.25, -0.2) is 8.42 Å². The zero-order chi connectivity index (χ0) is 14.3. The fraction of sp³-hybridized carbons (Fsp3) is 0.500. The minimum Gasteiger partial charge on any atom is -0.497 e. The van der Waals surface area contributed by atoms with Crippen LogP contribution in [0.15, 0.2) is 18.2 Å². The Morgan fingerprint density at radius 2 is 1.95 bits per heavy atom. The number of rotatable bonds is 8. The minimum atomic E-state index is -3.46. The van der Waals surface area contributed by atoms with Crippen LogP contribution in [0.4, 0.5) is 5.69 Å². The van der Waals surface area contributed by atoms with Gasteiger partial charge in [-0.2, -0.15) is 0 Å². The lowest BCUT2D eigenvalue weighted by Crippen LogP contribution is -2.17. The molecule has 0 bridgehead atoms. The van der Waals surface area contributed by atoms with Gasteiger partial charge in [-0.3, -0.25) is 4.72 Å². The summed E-state index contributed by atoms with van der Waals surface area (Å²) < 4.78 is 36.3. The molecule has 6 nitrogen and oxygen atoms in total. The van der Waals surface area contributed by atoms with Crippen LogP contribution >= 0.6 is 0 Å². The topological polar surface area (TPSA) is 84.9 Å². The van der Waals surface area contributed by atoms with E-state index in [0.717, 1.165) is 0 Å². The summed E-state index contributed by atoms with van der Waals surface area (Å²) in [6.45, 7) is -0.0159. The van der Waals surface area contributed by atoms with Crippen molar-refractivity contribution in [3.05, 3.63) is 18.2 Å². The van der Waals surface area contributed by atoms with Crippen molar-refractivity contribution in [1.82, 2.24) is 0 Å². The Hall–Kier alpha value is -1.47. The molecule has 0 amide bonds. The number of unbranched alkanes of at least 4 members (excludes halogenated alkanes) is 1. The summed E-state index contributed by atoms with van der Waals surface area (Å²) in [5.41, 5.74) is 0.339. The molecule has 0 unspecified atom stereocenters. The molecular formula is C12H19NO5S. The van der Waals surface area contributed by atoms with E-state index in [1.54, 1.807) is 18.2 Å². The molecule has 1 aromatic carbocycles. The summed E-state index contributed by atoms with van der Waals surface area (Å²) in [5, 5.41) is 8.65. The van der Waals surface area contributed by atoms with Crippen LogP contribution in [0.3, 0.4) is 0 Å². The summed E-state index contributed by atoms with van der Waals surface area (Å²) in [4.78, 5) is 0. The molecule has 0 spiro atoms. The van der Waals surface area contributed by atoms with E-state index < -0.39 is 10.0 Å². The lowest BCUT2D eigenvalue weighted by Gasteiger charge is -2.12. The van der Waals surface area contributed by atoms with Gasteiger partial charge in [0.1, 0.15) is 11.5 Å². The van der Waals surface area contributed by atoms with Crippen molar-refractivity contribution in [3.63, 3.8) is 0 Å². The van der Waals surface area contributed by atoms with Crippen molar-refractivity contribution in [2.75, 3.05) is 31.3 Å². The molecule has 2 N–H and O–H groups in total. The highest BCUT2D eigenvalue weighted by Gasteiger charge is 2.14. The number of ether oxygens (including phenoxy) is 2. The van der Waals surface area contributed by atoms with Crippen LogP contribution in [0, 0.1) is 0 Å². The van der Waals surface area contributed by atoms with E-state index in [0.29, 0.717) is 30.0 Å². The van der Waals surface area contributed by atoms with Crippen LogP contribution in [0.25, 0.3) is 0 Å². The zero-order valence-electron chi connectivity index (χ0n) is 11.0. The normalized spacial score (nSPS) is 11.1. The van der Waals surface area contributed by atoms with Crippen LogP contribution in [0.1, 0.15) is 12.8 Å². The van der Waals surface area contributed by atoms with Crippen molar-refractivity contribution in [3.8, 4) is 11.5 Å². The molecule has 0 radical (unpaired) electrons. The molecule has 19 heavy (non-hydrogen) atoms. The molecule has 0 atom stereocenters. The maximum absolute atomic E-state index is 11.9. The molecule has 0 saturated carbocycles. The van der Waals surface area contributed by atoms with Gasteiger partial charge >= 0.3 is 0 Å². The van der Waals surface area contributed by atoms with E-state index in [1.807, 2.05) is 0 Å². The first-order chi connectivity index (χ1) is 9.02. The second-order valence-electron chi connectivity index (χ2n) is 3.92. The SMILES string of the molecule is COc1ccc(OC)c(NS(=O)(=O)CCCCO)c1. The maximum Gasteiger partial charge on any atom is 0.232 e. The molecule has 0 aromatic heterocycles. The van der Waals surface area contributed by atoms with E-state index in [1.165, 1.54) is 14.2 Å². The summed E-state index contributed by atoms with van der Waals surface area (Å²) in [6.07, 6.45) is 0.855. The summed E-state index contributed by atoms with van der Waals surface area (Å²) in [6, 6.07) is 4.87. The Bertz CT molecular complexity index is 501. The number of hydrogen-bond donors (Lipinski definition) is 2. The van der Waals surface area contributed by atoms with E-state index in [4.69, 9.17) is 14.6 Å². The fourth-order valence-corrected chi connectivity index (χ4v) is 2.70. The van der Waals surface area contributed by atoms with Crippen molar-refractivity contribution >= 4 is 15.7 Å². The monoisotopic (exact) mass is 289 g/mol. The van der Waals surface area contributed by atoms with Gasteiger partial charge in [-0.05, 0) is 25.0 Å². The molecule has 0 aliphatic carbocycles. The van der Waals surface area contributed by atoms with Gasteiger partial charge in [-0.1, -0.05) is 0 Å². The van der Waals surface area contributed by atoms with Gasteiger partial charge in [-0.15, -0.1) is 0 Å². The standard InChI is InChI=1S/C12H19NO5S/c1-17-10-5-6-12(18-2)11(9-10)13-19(15,16)8-4-3-7-14/h5-6,9,13-14H,3-4,7-8H2,1-2H3. The smallest absolute Gasteiger partial charge is 0.232 e. The van der Waals surface area contributed by atoms with Crippen LogP contribution in [-0.4, -0.2) is 40.1 Å². The molecule has 0 heterocycles. The molecule has 0 saturated heterocycles. The highest BCUT2D eigenvalue weighted by atomic mass is 32.2. The lowest BCUT2D eigenvalue weighted by molar-refractivity contribution is 0.287. The highest BCUT2D eigenvalue weighted by molar-refractivity contribution is 7.92. The Morgan fingerprint density at radius 1 is 1.21 bits per heavy atom. The van der Waals surface area contributed by atoms with Gasteiger partial charge in [0.25, 0.3) is 0 Å². The third-order valence-electron chi connectivity index (χ3n) is 2.49. The summed E-state index contributed by atoms with van der Waals surface area (Å²) in [7, 11) is -0.496. The van der Waals surface area contributed by atoms with E-state index >= 15 is 0 Å². The highest BCUT2D eigenvalue weighted by Crippen LogP contribution is 2.29. The van der Waals surface area contributed by atoms with Crippen LogP contribution in [-0.2, 0) is 10.0 Å². The van der Waals surface area contributed by atoms with Crippen LogP contribution in [0.5, 0.6) is 11.5 Å². The molecule has 0 aliphatic rings. The second-order valence-corrected chi connectivity index (χ2v) is 5.76. The van der Waals surface area contributed by atoms with Crippen molar-refractivity contribution in [2.24, 2.45) is 0 Å². The Kier molecular flexibility index (Phi) is 5.91. The van der Waals surface area contributed by atoms with E-state index in [9.17, 15) is 8.42 Å². The van der Waals surface area contributed by atoms with Crippen LogP contribution in [0.2, 0.25) is 0 Å². The maximum atomic E-state index is 11.9. The van der Waals surface area contributed by atoms with Crippen molar-refractivity contribution < 1.29 is 23.0 Å². The summed E-state index contributed by atoms with van der Waals surface area (Å²) in [5.74, 6) is 0.911. The average molecular weight is 289 g/mol. The van der Waals surface area contributed by atoms with Gasteiger partial charge in [0.2, 0.25) is 10.0 Å². The predicted molar refractivity (Wildman–Crippen MR) is 73.3 cm³/mol. The molecule has 0 aliphatic heterocycles. The molecular weight excluding hydrogens is 270 g/mol. The Labute approximate surface area is 113 Å². The average Bonchev–Trinajstić information content (AvgIpc) is 2.38. The Morgan fingerprint density at radius 3 is 2.53 bits per heavy atom. The van der Waals surface area contributed by atoms with E-state index in [2.05, 4.69) is 4.72 Å². The third kappa shape index (κ3) is 4.96. The number of methoxy groups -OCH3 is 2. The largest absolute Gasteiger partial charge is 0.497 e. The number of aliphatic hydroxyl groups is 1. The van der Waals surface area contributed by atoms with Crippen LogP contribution < -0.4 is 14.2 Å². The molecule has 7 heteroatoms. The number of anilines is 1. The predicted octanol–water partition coefficient (Wildman–Crippen LogP) is 1.22. The minimum absolute atomic E-state index is 0.0159. The first-order valence-electron chi connectivity index (χ1n) is 5.86. The second kappa shape index (κ2) is 7.20. The third-order valence-corrected chi connectivity index (χ3v) is 3.85. The van der Waals surface area contributed by atoms with Crippen molar-refractivity contribution in [1.29, 1.82) is 0 Å². The Balaban J connectivity index is 2.84. The van der Waals surface area contributed by atoms with Gasteiger partial charge in [0.05, 0.1) is 25.7 Å². The number of hydrogen-bond acceptors (Lipinski definition) is 5. The van der Waals surface area contributed by atoms with E-state index in [-0.39, 0.29) is 12.4 Å². The number of sulfonamides is 1. The molecule has 108 valence electrons. The number of aliphatic hydroxyl groups excluding tert-OH is 1. The van der Waals surface area contributed by atoms with Gasteiger partial charge in [0, 0.05) is 12.7 Å². The molecule has 0 fully saturated rings. The van der Waals surface area contributed by atoms with Gasteiger partial charge in [0.15, 0.2) is 0 Å². The number of benzene rings is 1. The first-order valence-corrected chi connectivity index (χ1v) is 7.51. The quantitative estimate of drug-likeness (QED) is 0.703. The summed E-state index contributed by atoms with van der Waals surface area (Å²) >= 11 is 0. The fourth-order valence-electron chi connectivity index (χ4n) is 1.52. The van der Waals surface area contributed by atoms with Crippen molar-refractivity contribution in [2.45, 2.75) is 12.8 Å². The van der Waals surface area contributed by atoms with Gasteiger partial charge < -0.3 is 14.6 Å². The first kappa shape index (κ1) is 15.6. The molecule has 1 aromatic rings. The lowest BCUT2D eigenvalue weighted by atomic mass is 10.3. The zero-order valence-corrected chi connectivity index (χ0v) is 11.9. The molecule has 1 rings (SSSR count). The number of nitrogens with one attached hydrogen (secondary N) is 1.